The van der Waals surface area contributed by atoms with Crippen molar-refractivity contribution in [3.8, 4) is 0 Å². The number of ether oxygens (including phenoxy) is 2. The van der Waals surface area contributed by atoms with Crippen molar-refractivity contribution in [3.63, 3.8) is 0 Å². The molecule has 4 N–H and O–H groups in total. The van der Waals surface area contributed by atoms with Crippen LogP contribution in [0.2, 0.25) is 0 Å². The molecule has 0 spiro atoms. The molecule has 2 aromatic rings. The third-order valence-electron chi connectivity index (χ3n) is 7.07. The van der Waals surface area contributed by atoms with Crippen molar-refractivity contribution < 1.29 is 27.8 Å². The Morgan fingerprint density at radius 2 is 1.81 bits per heavy atom. The lowest BCUT2D eigenvalue weighted by atomic mass is 10.0. The molecule has 1 aliphatic heterocycles. The minimum Gasteiger partial charge on any atom is -0.444 e. The summed E-state index contributed by atoms with van der Waals surface area (Å²) in [6.45, 7) is 1.03. The van der Waals surface area contributed by atoms with E-state index in [1.54, 1.807) is 12.1 Å². The largest absolute Gasteiger partial charge is 0.444 e. The smallest absolute Gasteiger partial charge is 0.407 e. The number of hydrogen-bond donors (Lipinski definition) is 3. The number of alkyl carbamates (subject to hydrolysis) is 1. The monoisotopic (exact) mass is 531 g/mol. The van der Waals surface area contributed by atoms with E-state index in [2.05, 4.69) is 5.32 Å². The molecule has 1 saturated heterocycles. The Balaban J connectivity index is 1.53. The highest BCUT2D eigenvalue weighted by Gasteiger charge is 2.33. The fourth-order valence-electron chi connectivity index (χ4n) is 4.97. The number of aliphatic hydroxyl groups is 1. The first-order valence-electron chi connectivity index (χ1n) is 12.9. The van der Waals surface area contributed by atoms with Crippen LogP contribution in [0.4, 0.5) is 10.5 Å². The summed E-state index contributed by atoms with van der Waals surface area (Å²) >= 11 is 0. The molecule has 37 heavy (non-hydrogen) atoms. The second-order valence-electron chi connectivity index (χ2n) is 9.94. The Morgan fingerprint density at radius 3 is 2.46 bits per heavy atom. The summed E-state index contributed by atoms with van der Waals surface area (Å²) in [5.74, 6) is 0.226. The summed E-state index contributed by atoms with van der Waals surface area (Å²) in [6.07, 6.45) is 2.81. The van der Waals surface area contributed by atoms with Crippen LogP contribution >= 0.6 is 0 Å². The number of aliphatic hydroxyl groups excluding tert-OH is 1. The molecule has 1 saturated carbocycles. The van der Waals surface area contributed by atoms with Gasteiger partial charge in [0.25, 0.3) is 0 Å². The van der Waals surface area contributed by atoms with Crippen LogP contribution in [-0.2, 0) is 25.9 Å². The van der Waals surface area contributed by atoms with Crippen molar-refractivity contribution in [2.75, 3.05) is 32.0 Å². The van der Waals surface area contributed by atoms with E-state index < -0.39 is 28.3 Å². The Labute approximate surface area is 219 Å². The first kappa shape index (κ1) is 27.4. The fraction of sp³-hybridized carbons (Fsp3) is 0.519. The Kier molecular flexibility index (Phi) is 9.42. The second kappa shape index (κ2) is 12.7. The SMILES string of the molecule is Nc1ccc(S(=O)(=O)N(CC2CCCC2)C[C@@H](O)[C@H](Cc2ccccc2)NC(=O)O[C@@H]2CCOC2)cc1. The second-order valence-corrected chi connectivity index (χ2v) is 11.9. The zero-order valence-electron chi connectivity index (χ0n) is 21.0. The van der Waals surface area contributed by atoms with Gasteiger partial charge in [-0.05, 0) is 55.0 Å². The van der Waals surface area contributed by atoms with E-state index in [4.69, 9.17) is 15.2 Å². The average Bonchev–Trinajstić information content (AvgIpc) is 3.58. The summed E-state index contributed by atoms with van der Waals surface area (Å²) in [6, 6.07) is 14.8. The van der Waals surface area contributed by atoms with Gasteiger partial charge < -0.3 is 25.6 Å². The number of carbonyl (C=O) groups excluding carboxylic acids is 1. The number of benzene rings is 2. The Hall–Kier alpha value is -2.66. The number of sulfonamides is 1. The van der Waals surface area contributed by atoms with E-state index in [1.807, 2.05) is 30.3 Å². The van der Waals surface area contributed by atoms with Crippen LogP contribution in [0, 0.1) is 5.92 Å². The standard InChI is InChI=1S/C27H37N3O6S/c28-22-10-12-24(13-11-22)37(33,34)30(17-21-8-4-5-9-21)18-26(31)25(16-20-6-2-1-3-7-20)29-27(32)36-23-14-15-35-19-23/h1-3,6-7,10-13,21,23,25-26,31H,4-5,8-9,14-19,28H2,(H,29,32)/t23-,25+,26-/m1/s1. The quantitative estimate of drug-likeness (QED) is 0.380. The number of anilines is 1. The summed E-state index contributed by atoms with van der Waals surface area (Å²) in [5, 5.41) is 14.1. The number of carbonyl (C=O) groups is 1. The summed E-state index contributed by atoms with van der Waals surface area (Å²) in [4.78, 5) is 12.8. The van der Waals surface area contributed by atoms with Crippen LogP contribution in [0.15, 0.2) is 59.5 Å². The third kappa shape index (κ3) is 7.67. The number of nitrogens with one attached hydrogen (secondary N) is 1. The van der Waals surface area contributed by atoms with Gasteiger partial charge in [0.1, 0.15) is 6.10 Å². The molecular weight excluding hydrogens is 494 g/mol. The highest BCUT2D eigenvalue weighted by Crippen LogP contribution is 2.28. The van der Waals surface area contributed by atoms with Crippen molar-refractivity contribution in [2.24, 2.45) is 5.92 Å². The van der Waals surface area contributed by atoms with Gasteiger partial charge in [-0.25, -0.2) is 13.2 Å². The number of nitrogens with zero attached hydrogens (tertiary/aromatic N) is 1. The molecule has 202 valence electrons. The fourth-order valence-corrected chi connectivity index (χ4v) is 6.50. The molecular formula is C27H37N3O6S. The van der Waals surface area contributed by atoms with Crippen molar-refractivity contribution in [2.45, 2.75) is 61.7 Å². The lowest BCUT2D eigenvalue weighted by Crippen LogP contribution is -2.51. The molecule has 1 amide bonds. The van der Waals surface area contributed by atoms with Crippen LogP contribution < -0.4 is 11.1 Å². The van der Waals surface area contributed by atoms with E-state index in [1.165, 1.54) is 16.4 Å². The van der Waals surface area contributed by atoms with E-state index in [0.717, 1.165) is 31.2 Å². The molecule has 0 bridgehead atoms. The first-order chi connectivity index (χ1) is 17.8. The summed E-state index contributed by atoms with van der Waals surface area (Å²) in [7, 11) is -3.90. The van der Waals surface area contributed by atoms with Crippen molar-refractivity contribution >= 4 is 21.8 Å². The highest BCUT2D eigenvalue weighted by molar-refractivity contribution is 7.89. The molecule has 0 radical (unpaired) electrons. The highest BCUT2D eigenvalue weighted by atomic mass is 32.2. The number of rotatable bonds is 11. The zero-order valence-corrected chi connectivity index (χ0v) is 21.8. The molecule has 0 unspecified atom stereocenters. The number of hydrogen-bond acceptors (Lipinski definition) is 7. The molecule has 2 aromatic carbocycles. The normalized spacial score (nSPS) is 20.1. The summed E-state index contributed by atoms with van der Waals surface area (Å²) < 4.78 is 39.4. The maximum absolute atomic E-state index is 13.6. The lowest BCUT2D eigenvalue weighted by molar-refractivity contribution is 0.0641. The van der Waals surface area contributed by atoms with Gasteiger partial charge in [0, 0.05) is 25.2 Å². The lowest BCUT2D eigenvalue weighted by Gasteiger charge is -2.31. The van der Waals surface area contributed by atoms with Gasteiger partial charge in [-0.15, -0.1) is 0 Å². The average molecular weight is 532 g/mol. The molecule has 10 heteroatoms. The zero-order chi connectivity index (χ0) is 26.3. The van der Waals surface area contributed by atoms with Crippen LogP contribution in [0.5, 0.6) is 0 Å². The van der Waals surface area contributed by atoms with Gasteiger partial charge >= 0.3 is 6.09 Å². The van der Waals surface area contributed by atoms with Gasteiger partial charge in [-0.3, -0.25) is 0 Å². The van der Waals surface area contributed by atoms with Gasteiger partial charge in [0.15, 0.2) is 0 Å². The Morgan fingerprint density at radius 1 is 1.11 bits per heavy atom. The van der Waals surface area contributed by atoms with Crippen LogP contribution in [0.1, 0.15) is 37.7 Å². The van der Waals surface area contributed by atoms with Crippen LogP contribution in [0.25, 0.3) is 0 Å². The van der Waals surface area contributed by atoms with Gasteiger partial charge in [-0.1, -0.05) is 43.2 Å². The number of amides is 1. The Bertz CT molecular complexity index is 1100. The van der Waals surface area contributed by atoms with Gasteiger partial charge in [0.05, 0.1) is 30.3 Å². The molecule has 1 heterocycles. The maximum atomic E-state index is 13.6. The third-order valence-corrected chi connectivity index (χ3v) is 8.92. The molecule has 1 aliphatic carbocycles. The number of nitrogen functional groups attached to an aromatic ring is 1. The molecule has 4 rings (SSSR count). The van der Waals surface area contributed by atoms with E-state index >= 15 is 0 Å². The van der Waals surface area contributed by atoms with E-state index in [-0.39, 0.29) is 23.5 Å². The van der Waals surface area contributed by atoms with Crippen molar-refractivity contribution in [1.82, 2.24) is 9.62 Å². The topological polar surface area (TPSA) is 131 Å². The molecule has 9 nitrogen and oxygen atoms in total. The molecule has 2 fully saturated rings. The van der Waals surface area contributed by atoms with E-state index in [9.17, 15) is 18.3 Å². The van der Waals surface area contributed by atoms with Crippen molar-refractivity contribution in [3.05, 3.63) is 60.2 Å². The molecule has 0 aromatic heterocycles. The van der Waals surface area contributed by atoms with E-state index in [0.29, 0.717) is 38.3 Å². The minimum atomic E-state index is -3.90. The van der Waals surface area contributed by atoms with Crippen molar-refractivity contribution in [1.29, 1.82) is 0 Å². The van der Waals surface area contributed by atoms with Crippen LogP contribution in [-0.4, -0.2) is 68.5 Å². The maximum Gasteiger partial charge on any atom is 0.407 e. The predicted molar refractivity (Wildman–Crippen MR) is 140 cm³/mol. The predicted octanol–water partition coefficient (Wildman–Crippen LogP) is 2.94. The summed E-state index contributed by atoms with van der Waals surface area (Å²) in [5.41, 5.74) is 7.14. The van der Waals surface area contributed by atoms with Gasteiger partial charge in [-0.2, -0.15) is 4.31 Å². The minimum absolute atomic E-state index is 0.125. The van der Waals surface area contributed by atoms with Gasteiger partial charge in [0.2, 0.25) is 10.0 Å². The molecule has 2 aliphatic rings. The first-order valence-corrected chi connectivity index (χ1v) is 14.4. The number of nitrogens with two attached hydrogens (primary N) is 1. The molecule has 3 atom stereocenters. The van der Waals surface area contributed by atoms with Crippen LogP contribution in [0.3, 0.4) is 0 Å².